The van der Waals surface area contributed by atoms with Gasteiger partial charge >= 0.3 is 0 Å². The quantitative estimate of drug-likeness (QED) is 0.693. The van der Waals surface area contributed by atoms with Gasteiger partial charge in [-0.2, -0.15) is 5.10 Å². The second-order valence-electron chi connectivity index (χ2n) is 7.55. The second kappa shape index (κ2) is 10.1. The van der Waals surface area contributed by atoms with Gasteiger partial charge in [0.05, 0.1) is 5.69 Å². The maximum Gasteiger partial charge on any atom is 0.260 e. The number of aromatic nitrogens is 2. The molecule has 1 aliphatic rings. The summed E-state index contributed by atoms with van der Waals surface area (Å²) in [6.45, 7) is 6.69. The zero-order valence-corrected chi connectivity index (χ0v) is 17.3. The molecule has 1 aliphatic heterocycles. The molecule has 156 valence electrons. The van der Waals surface area contributed by atoms with Crippen molar-refractivity contribution in [1.82, 2.24) is 20.0 Å². The average Bonchev–Trinajstić information content (AvgIpc) is 3.07. The maximum absolute atomic E-state index is 12.4. The molecule has 0 saturated carbocycles. The van der Waals surface area contributed by atoms with Crippen LogP contribution in [-0.2, 0) is 16.1 Å². The third-order valence-electron chi connectivity index (χ3n) is 5.27. The number of benzene rings is 1. The Morgan fingerprint density at radius 3 is 2.55 bits per heavy atom. The first-order valence-corrected chi connectivity index (χ1v) is 10.3. The molecule has 1 aromatic heterocycles. The molecule has 0 unspecified atom stereocenters. The molecular weight excluding hydrogens is 368 g/mol. The van der Waals surface area contributed by atoms with Crippen LogP contribution in [0.1, 0.15) is 30.7 Å². The lowest BCUT2D eigenvalue weighted by atomic mass is 9.96. The highest BCUT2D eigenvalue weighted by molar-refractivity contribution is 5.80. The van der Waals surface area contributed by atoms with Crippen molar-refractivity contribution in [3.63, 3.8) is 0 Å². The summed E-state index contributed by atoms with van der Waals surface area (Å²) >= 11 is 0. The van der Waals surface area contributed by atoms with E-state index in [1.165, 1.54) is 0 Å². The predicted molar refractivity (Wildman–Crippen MR) is 111 cm³/mol. The minimum atomic E-state index is -0.0300. The first kappa shape index (κ1) is 20.9. The Kier molecular flexibility index (Phi) is 7.27. The van der Waals surface area contributed by atoms with E-state index in [2.05, 4.69) is 16.5 Å². The van der Waals surface area contributed by atoms with Crippen molar-refractivity contribution < 1.29 is 14.3 Å². The smallest absolute Gasteiger partial charge is 0.260 e. The number of nitrogens with one attached hydrogen (secondary N) is 1. The Labute approximate surface area is 172 Å². The SMILES string of the molecule is Cc1cc(C)n(CCCNC(=O)C2CCN(C(=O)COc3ccccc3)CC2)n1. The molecule has 29 heavy (non-hydrogen) atoms. The summed E-state index contributed by atoms with van der Waals surface area (Å²) in [4.78, 5) is 26.5. The van der Waals surface area contributed by atoms with E-state index in [1.54, 1.807) is 4.90 Å². The lowest BCUT2D eigenvalue weighted by Crippen LogP contribution is -2.44. The lowest BCUT2D eigenvalue weighted by molar-refractivity contribution is -0.137. The van der Waals surface area contributed by atoms with Crippen molar-refractivity contribution in [2.45, 2.75) is 39.7 Å². The zero-order valence-electron chi connectivity index (χ0n) is 17.3. The van der Waals surface area contributed by atoms with Crippen LogP contribution in [-0.4, -0.2) is 52.7 Å². The number of hydrogen-bond donors (Lipinski definition) is 1. The number of para-hydroxylation sites is 1. The van der Waals surface area contributed by atoms with E-state index in [0.717, 1.165) is 24.4 Å². The van der Waals surface area contributed by atoms with Crippen LogP contribution < -0.4 is 10.1 Å². The number of hydrogen-bond acceptors (Lipinski definition) is 4. The van der Waals surface area contributed by atoms with Gasteiger partial charge in [0.1, 0.15) is 5.75 Å². The number of carbonyl (C=O) groups is 2. The number of rotatable bonds is 8. The van der Waals surface area contributed by atoms with Crippen LogP contribution in [0.15, 0.2) is 36.4 Å². The van der Waals surface area contributed by atoms with Gasteiger partial charge in [-0.25, -0.2) is 0 Å². The standard InChI is InChI=1S/C22H30N4O3/c1-17-15-18(2)26(24-17)12-6-11-23-22(28)19-9-13-25(14-10-19)21(27)16-29-20-7-4-3-5-8-20/h3-5,7-8,15,19H,6,9-14,16H2,1-2H3,(H,23,28). The van der Waals surface area contributed by atoms with Crippen molar-refractivity contribution in [1.29, 1.82) is 0 Å². The van der Waals surface area contributed by atoms with Crippen molar-refractivity contribution in [2.75, 3.05) is 26.2 Å². The highest BCUT2D eigenvalue weighted by Gasteiger charge is 2.27. The van der Waals surface area contributed by atoms with E-state index in [4.69, 9.17) is 4.74 Å². The lowest BCUT2D eigenvalue weighted by Gasteiger charge is -2.31. The fraction of sp³-hybridized carbons (Fsp3) is 0.500. The average molecular weight is 399 g/mol. The van der Waals surface area contributed by atoms with Gasteiger partial charge < -0.3 is 15.0 Å². The van der Waals surface area contributed by atoms with E-state index in [1.807, 2.05) is 48.9 Å². The number of likely N-dealkylation sites (tertiary alicyclic amines) is 1. The molecule has 0 bridgehead atoms. The van der Waals surface area contributed by atoms with Crippen LogP contribution in [0.25, 0.3) is 0 Å². The van der Waals surface area contributed by atoms with Gasteiger partial charge in [-0.1, -0.05) is 18.2 Å². The van der Waals surface area contributed by atoms with E-state index >= 15 is 0 Å². The first-order valence-electron chi connectivity index (χ1n) is 10.3. The summed E-state index contributed by atoms with van der Waals surface area (Å²) in [5.41, 5.74) is 2.16. The summed E-state index contributed by atoms with van der Waals surface area (Å²) in [6.07, 6.45) is 2.24. The van der Waals surface area contributed by atoms with Gasteiger partial charge in [-0.3, -0.25) is 14.3 Å². The first-order chi connectivity index (χ1) is 14.0. The van der Waals surface area contributed by atoms with E-state index in [-0.39, 0.29) is 24.3 Å². The fourth-order valence-electron chi connectivity index (χ4n) is 3.63. The summed E-state index contributed by atoms with van der Waals surface area (Å²) in [6, 6.07) is 11.4. The third-order valence-corrected chi connectivity index (χ3v) is 5.27. The zero-order chi connectivity index (χ0) is 20.6. The van der Waals surface area contributed by atoms with E-state index in [9.17, 15) is 9.59 Å². The number of amides is 2. The Hall–Kier alpha value is -2.83. The van der Waals surface area contributed by atoms with E-state index in [0.29, 0.717) is 38.2 Å². The highest BCUT2D eigenvalue weighted by atomic mass is 16.5. The number of piperidine rings is 1. The Morgan fingerprint density at radius 1 is 1.17 bits per heavy atom. The molecule has 0 radical (unpaired) electrons. The van der Waals surface area contributed by atoms with Crippen LogP contribution in [0.2, 0.25) is 0 Å². The topological polar surface area (TPSA) is 76.5 Å². The third kappa shape index (κ3) is 6.07. The number of nitrogens with zero attached hydrogens (tertiary/aromatic N) is 3. The molecule has 7 nitrogen and oxygen atoms in total. The van der Waals surface area contributed by atoms with Gasteiger partial charge in [0.15, 0.2) is 6.61 Å². The summed E-state index contributed by atoms with van der Waals surface area (Å²) in [5.74, 6) is 0.724. The fourth-order valence-corrected chi connectivity index (χ4v) is 3.63. The Morgan fingerprint density at radius 2 is 1.90 bits per heavy atom. The number of carbonyl (C=O) groups excluding carboxylic acids is 2. The van der Waals surface area contributed by atoms with Gasteiger partial charge in [-0.05, 0) is 51.3 Å². The molecule has 0 atom stereocenters. The van der Waals surface area contributed by atoms with Gasteiger partial charge in [0.25, 0.3) is 5.91 Å². The highest BCUT2D eigenvalue weighted by Crippen LogP contribution is 2.18. The molecule has 1 saturated heterocycles. The molecule has 3 rings (SSSR count). The minimum Gasteiger partial charge on any atom is -0.484 e. The van der Waals surface area contributed by atoms with Gasteiger partial charge in [0.2, 0.25) is 5.91 Å². The van der Waals surface area contributed by atoms with Crippen LogP contribution in [0.4, 0.5) is 0 Å². The number of aryl methyl sites for hydroxylation is 3. The molecule has 0 spiro atoms. The van der Waals surface area contributed by atoms with E-state index < -0.39 is 0 Å². The molecule has 1 aromatic carbocycles. The monoisotopic (exact) mass is 398 g/mol. The summed E-state index contributed by atoms with van der Waals surface area (Å²) in [7, 11) is 0. The minimum absolute atomic E-state index is 0.0252. The normalized spacial score (nSPS) is 14.6. The van der Waals surface area contributed by atoms with Gasteiger partial charge in [0, 0.05) is 37.8 Å². The van der Waals surface area contributed by atoms with Crippen molar-refractivity contribution in [3.05, 3.63) is 47.8 Å². The molecular formula is C22H30N4O3. The molecule has 2 amide bonds. The molecule has 0 aliphatic carbocycles. The Bertz CT molecular complexity index is 811. The number of ether oxygens (including phenoxy) is 1. The molecule has 1 N–H and O–H groups in total. The molecule has 2 aromatic rings. The van der Waals surface area contributed by atoms with Crippen LogP contribution in [0.3, 0.4) is 0 Å². The molecule has 1 fully saturated rings. The molecule has 2 heterocycles. The maximum atomic E-state index is 12.4. The molecule has 7 heteroatoms. The van der Waals surface area contributed by atoms with Crippen molar-refractivity contribution in [3.8, 4) is 5.75 Å². The van der Waals surface area contributed by atoms with Crippen LogP contribution in [0, 0.1) is 19.8 Å². The predicted octanol–water partition coefficient (Wildman–Crippen LogP) is 2.32. The summed E-state index contributed by atoms with van der Waals surface area (Å²) < 4.78 is 7.50. The largest absolute Gasteiger partial charge is 0.484 e. The van der Waals surface area contributed by atoms with Crippen molar-refractivity contribution in [2.24, 2.45) is 5.92 Å². The van der Waals surface area contributed by atoms with Crippen LogP contribution >= 0.6 is 0 Å². The Balaban J connectivity index is 1.32. The summed E-state index contributed by atoms with van der Waals surface area (Å²) in [5, 5.41) is 7.46. The second-order valence-corrected chi connectivity index (χ2v) is 7.55. The van der Waals surface area contributed by atoms with Crippen LogP contribution in [0.5, 0.6) is 5.75 Å². The van der Waals surface area contributed by atoms with Gasteiger partial charge in [-0.15, -0.1) is 0 Å². The van der Waals surface area contributed by atoms with Crippen molar-refractivity contribution >= 4 is 11.8 Å².